The molecular formula is C12H9N5O3. The van der Waals surface area contributed by atoms with Gasteiger partial charge in [0.1, 0.15) is 0 Å². The molecule has 0 aliphatic rings. The minimum absolute atomic E-state index is 0.104. The van der Waals surface area contributed by atoms with E-state index in [4.69, 9.17) is 10.6 Å². The molecule has 0 unspecified atom stereocenters. The van der Waals surface area contributed by atoms with Crippen LogP contribution in [-0.4, -0.2) is 25.7 Å². The molecule has 3 rings (SSSR count). The van der Waals surface area contributed by atoms with Gasteiger partial charge in [-0.15, -0.1) is 4.73 Å². The van der Waals surface area contributed by atoms with Crippen LogP contribution in [0.25, 0.3) is 11.2 Å². The minimum atomic E-state index is -0.632. The first kappa shape index (κ1) is 11.9. The largest absolute Gasteiger partial charge is 0.367 e. The van der Waals surface area contributed by atoms with E-state index in [1.807, 2.05) is 0 Å². The van der Waals surface area contributed by atoms with Crippen LogP contribution >= 0.6 is 0 Å². The fourth-order valence-electron chi connectivity index (χ4n) is 1.71. The minimum Gasteiger partial charge on any atom is -0.367 e. The molecule has 0 atom stereocenters. The number of nitrogens with zero attached hydrogens (tertiary/aromatic N) is 3. The average Bonchev–Trinajstić information content (AvgIpc) is 2.94. The molecule has 0 spiro atoms. The highest BCUT2D eigenvalue weighted by atomic mass is 16.7. The number of anilines is 1. The summed E-state index contributed by atoms with van der Waals surface area (Å²) in [6.45, 7) is 0. The fraction of sp³-hybridized carbons (Fsp3) is 0. The van der Waals surface area contributed by atoms with Crippen LogP contribution in [-0.2, 0) is 0 Å². The van der Waals surface area contributed by atoms with Crippen LogP contribution in [0.5, 0.6) is 0 Å². The zero-order valence-electron chi connectivity index (χ0n) is 10.1. The number of H-pyrrole nitrogens is 1. The van der Waals surface area contributed by atoms with Gasteiger partial charge >= 0.3 is 11.5 Å². The van der Waals surface area contributed by atoms with Crippen LogP contribution in [0.2, 0.25) is 0 Å². The third-order valence-electron chi connectivity index (χ3n) is 2.63. The summed E-state index contributed by atoms with van der Waals surface area (Å²) in [5.41, 5.74) is 5.58. The fourth-order valence-corrected chi connectivity index (χ4v) is 1.71. The van der Waals surface area contributed by atoms with Gasteiger partial charge in [-0.1, -0.05) is 18.2 Å². The summed E-state index contributed by atoms with van der Waals surface area (Å²) in [5, 5.41) is 0. The maximum absolute atomic E-state index is 12.0. The Morgan fingerprint density at radius 2 is 2.05 bits per heavy atom. The van der Waals surface area contributed by atoms with Gasteiger partial charge in [-0.3, -0.25) is 4.79 Å². The Labute approximate surface area is 111 Å². The Morgan fingerprint density at radius 1 is 1.30 bits per heavy atom. The van der Waals surface area contributed by atoms with Crippen molar-refractivity contribution < 1.29 is 9.63 Å². The van der Waals surface area contributed by atoms with Crippen molar-refractivity contribution in [1.29, 1.82) is 0 Å². The quantitative estimate of drug-likeness (QED) is 0.676. The highest BCUT2D eigenvalue weighted by Crippen LogP contribution is 2.08. The molecule has 0 amide bonds. The predicted octanol–water partition coefficient (Wildman–Crippen LogP) is -0.0292. The number of fused-ring (bicyclic) bond motifs is 1. The molecule has 3 aromatic rings. The van der Waals surface area contributed by atoms with E-state index < -0.39 is 11.5 Å². The molecule has 100 valence electrons. The lowest BCUT2D eigenvalue weighted by atomic mass is 10.2. The normalized spacial score (nSPS) is 10.6. The standard InChI is InChI=1S/C12H9N5O3/c13-12-16-10(18)8-9(15-6-14-8)17(12)20-11(19)7-4-2-1-3-5-7/h1-6H,(H,14,15)(H2,13,16,18). The lowest BCUT2D eigenvalue weighted by Gasteiger charge is -2.09. The number of nitrogens with one attached hydrogen (secondary N) is 1. The molecule has 0 saturated carbocycles. The van der Waals surface area contributed by atoms with Crippen LogP contribution in [0, 0.1) is 0 Å². The van der Waals surface area contributed by atoms with Gasteiger partial charge in [0, 0.05) is 0 Å². The molecular weight excluding hydrogens is 262 g/mol. The lowest BCUT2D eigenvalue weighted by molar-refractivity contribution is 0.0483. The van der Waals surface area contributed by atoms with E-state index in [0.717, 1.165) is 4.73 Å². The van der Waals surface area contributed by atoms with Gasteiger partial charge in [-0.05, 0) is 12.1 Å². The van der Waals surface area contributed by atoms with E-state index >= 15 is 0 Å². The highest BCUT2D eigenvalue weighted by Gasteiger charge is 2.16. The van der Waals surface area contributed by atoms with Gasteiger partial charge in [0.05, 0.1) is 11.9 Å². The Hall–Kier alpha value is -3.16. The molecule has 0 aliphatic carbocycles. The second kappa shape index (κ2) is 4.50. The predicted molar refractivity (Wildman–Crippen MR) is 69.9 cm³/mol. The summed E-state index contributed by atoms with van der Waals surface area (Å²) in [6, 6.07) is 8.37. The number of carbonyl (C=O) groups is 1. The number of carbonyl (C=O) groups excluding carboxylic acids is 1. The van der Waals surface area contributed by atoms with Gasteiger partial charge in [0.25, 0.3) is 0 Å². The first-order valence-electron chi connectivity index (χ1n) is 5.66. The van der Waals surface area contributed by atoms with Gasteiger partial charge in [-0.25, -0.2) is 9.78 Å². The van der Waals surface area contributed by atoms with E-state index in [-0.39, 0.29) is 17.1 Å². The molecule has 0 fully saturated rings. The number of nitrogens with two attached hydrogens (primary N) is 1. The molecule has 1 aromatic carbocycles. The molecule has 2 heterocycles. The molecule has 0 radical (unpaired) electrons. The summed E-state index contributed by atoms with van der Waals surface area (Å²) in [4.78, 5) is 38.7. The molecule has 0 saturated heterocycles. The van der Waals surface area contributed by atoms with Gasteiger partial charge in [-0.2, -0.15) is 4.98 Å². The van der Waals surface area contributed by atoms with Crippen LogP contribution in [0.3, 0.4) is 0 Å². The topological polar surface area (TPSA) is 116 Å². The zero-order valence-corrected chi connectivity index (χ0v) is 10.1. The molecule has 20 heavy (non-hydrogen) atoms. The summed E-state index contributed by atoms with van der Waals surface area (Å²) < 4.78 is 0.919. The molecule has 3 N–H and O–H groups in total. The molecule has 8 nitrogen and oxygen atoms in total. The van der Waals surface area contributed by atoms with E-state index in [2.05, 4.69) is 15.0 Å². The molecule has 0 aliphatic heterocycles. The number of nitrogen functional groups attached to an aromatic ring is 1. The highest BCUT2D eigenvalue weighted by molar-refractivity contribution is 5.90. The van der Waals surface area contributed by atoms with Crippen molar-refractivity contribution in [1.82, 2.24) is 19.7 Å². The van der Waals surface area contributed by atoms with Crippen molar-refractivity contribution in [3.8, 4) is 0 Å². The van der Waals surface area contributed by atoms with E-state index in [1.165, 1.54) is 6.33 Å². The molecule has 2 aromatic heterocycles. The smallest absolute Gasteiger partial charge is 0.363 e. The van der Waals surface area contributed by atoms with Crippen molar-refractivity contribution in [2.45, 2.75) is 0 Å². The van der Waals surface area contributed by atoms with Crippen molar-refractivity contribution in [2.75, 3.05) is 5.73 Å². The van der Waals surface area contributed by atoms with Crippen LogP contribution in [0.1, 0.15) is 10.4 Å². The van der Waals surface area contributed by atoms with Crippen molar-refractivity contribution in [3.63, 3.8) is 0 Å². The second-order valence-electron chi connectivity index (χ2n) is 3.92. The SMILES string of the molecule is Nc1nc(=O)c2[nH]cnc2n1OC(=O)c1ccccc1. The van der Waals surface area contributed by atoms with Crippen LogP contribution in [0.4, 0.5) is 5.95 Å². The van der Waals surface area contributed by atoms with Gasteiger partial charge in [0.15, 0.2) is 5.52 Å². The Bertz CT molecular complexity index is 837. The summed E-state index contributed by atoms with van der Waals surface area (Å²) >= 11 is 0. The van der Waals surface area contributed by atoms with Crippen molar-refractivity contribution in [2.24, 2.45) is 0 Å². The zero-order chi connectivity index (χ0) is 14.1. The van der Waals surface area contributed by atoms with Crippen LogP contribution < -0.4 is 16.1 Å². The van der Waals surface area contributed by atoms with Gasteiger partial charge in [0.2, 0.25) is 11.6 Å². The Morgan fingerprint density at radius 3 is 2.80 bits per heavy atom. The first-order valence-corrected chi connectivity index (χ1v) is 5.66. The number of aromatic nitrogens is 4. The third kappa shape index (κ3) is 1.88. The second-order valence-corrected chi connectivity index (χ2v) is 3.92. The maximum atomic E-state index is 12.0. The maximum Gasteiger partial charge on any atom is 0.363 e. The van der Waals surface area contributed by atoms with Crippen LogP contribution in [0.15, 0.2) is 41.5 Å². The number of rotatable bonds is 2. The van der Waals surface area contributed by atoms with Crippen molar-refractivity contribution >= 4 is 23.1 Å². The van der Waals surface area contributed by atoms with E-state index in [9.17, 15) is 9.59 Å². The summed E-state index contributed by atoms with van der Waals surface area (Å²) in [6.07, 6.45) is 1.29. The summed E-state index contributed by atoms with van der Waals surface area (Å²) in [7, 11) is 0. The van der Waals surface area contributed by atoms with E-state index in [0.29, 0.717) is 5.56 Å². The first-order chi connectivity index (χ1) is 9.66. The Kier molecular flexibility index (Phi) is 2.68. The number of imidazole rings is 1. The average molecular weight is 271 g/mol. The third-order valence-corrected chi connectivity index (χ3v) is 2.63. The summed E-state index contributed by atoms with van der Waals surface area (Å²) in [5.74, 6) is -0.883. The Balaban J connectivity index is 2.05. The number of hydrogen-bond acceptors (Lipinski definition) is 6. The van der Waals surface area contributed by atoms with Gasteiger partial charge < -0.3 is 15.6 Å². The van der Waals surface area contributed by atoms with E-state index in [1.54, 1.807) is 30.3 Å². The monoisotopic (exact) mass is 271 g/mol. The molecule has 8 heteroatoms. The number of aromatic amines is 1. The molecule has 0 bridgehead atoms. The lowest BCUT2D eigenvalue weighted by Crippen LogP contribution is -2.27. The number of hydrogen-bond donors (Lipinski definition) is 2. The number of benzene rings is 1. The van der Waals surface area contributed by atoms with Crippen molar-refractivity contribution in [3.05, 3.63) is 52.6 Å².